The third-order valence-corrected chi connectivity index (χ3v) is 8.59. The van der Waals surface area contributed by atoms with Crippen molar-refractivity contribution in [2.24, 2.45) is 5.92 Å². The summed E-state index contributed by atoms with van der Waals surface area (Å²) in [5.41, 5.74) is 5.91. The zero-order chi connectivity index (χ0) is 26.1. The van der Waals surface area contributed by atoms with Crippen molar-refractivity contribution >= 4 is 27.2 Å². The van der Waals surface area contributed by atoms with E-state index in [0.29, 0.717) is 11.5 Å². The van der Waals surface area contributed by atoms with Gasteiger partial charge in [-0.25, -0.2) is 0 Å². The van der Waals surface area contributed by atoms with Crippen molar-refractivity contribution in [3.05, 3.63) is 81.7 Å². The van der Waals surface area contributed by atoms with Crippen molar-refractivity contribution in [2.75, 3.05) is 26.2 Å². The maximum atomic E-state index is 14.0. The van der Waals surface area contributed by atoms with E-state index in [1.807, 2.05) is 44.2 Å². The molecule has 0 radical (unpaired) electrons. The number of aromatic hydroxyl groups is 1. The quantitative estimate of drug-likeness (QED) is 0.249. The molecule has 4 nitrogen and oxygen atoms in total. The molecule has 1 atom stereocenters. The minimum absolute atomic E-state index is 0.0357. The zero-order valence-corrected chi connectivity index (χ0v) is 23.0. The van der Waals surface area contributed by atoms with Gasteiger partial charge in [0.25, 0.3) is 0 Å². The molecule has 1 aliphatic rings. The molecule has 0 amide bonds. The molecule has 3 aromatic carbocycles. The van der Waals surface area contributed by atoms with Crippen LogP contribution in [-0.2, 0) is 6.42 Å². The third kappa shape index (κ3) is 5.29. The van der Waals surface area contributed by atoms with E-state index >= 15 is 0 Å². The molecule has 1 saturated heterocycles. The highest BCUT2D eigenvalue weighted by atomic mass is 32.1. The van der Waals surface area contributed by atoms with Crippen molar-refractivity contribution in [3.8, 4) is 22.6 Å². The highest BCUT2D eigenvalue weighted by Crippen LogP contribution is 2.42. The summed E-state index contributed by atoms with van der Waals surface area (Å²) in [5.74, 6) is 1.85. The van der Waals surface area contributed by atoms with Gasteiger partial charge in [-0.2, -0.15) is 0 Å². The molecule has 1 aliphatic heterocycles. The van der Waals surface area contributed by atoms with Gasteiger partial charge in [0.15, 0.2) is 0 Å². The molecule has 5 rings (SSSR count). The Morgan fingerprint density at radius 1 is 1.08 bits per heavy atom. The molecule has 1 aromatic heterocycles. The Hall–Kier alpha value is -3.15. The molecule has 0 bridgehead atoms. The number of hydrogen-bond acceptors (Lipinski definition) is 5. The number of aryl methyl sites for hydroxylation is 3. The number of fused-ring (bicyclic) bond motifs is 1. The van der Waals surface area contributed by atoms with Gasteiger partial charge in [-0.3, -0.25) is 9.69 Å². The largest absolute Gasteiger partial charge is 0.508 e. The van der Waals surface area contributed by atoms with Crippen LogP contribution < -0.4 is 4.74 Å². The van der Waals surface area contributed by atoms with Crippen molar-refractivity contribution in [2.45, 2.75) is 40.5 Å². The molecular weight excluding hydrogens is 478 g/mol. The molecule has 37 heavy (non-hydrogen) atoms. The van der Waals surface area contributed by atoms with Gasteiger partial charge in [0.05, 0.1) is 4.88 Å². The Labute approximate surface area is 223 Å². The minimum atomic E-state index is 0.0357. The summed E-state index contributed by atoms with van der Waals surface area (Å²) in [6, 6.07) is 17.7. The smallest absolute Gasteiger partial charge is 0.204 e. The molecular formula is C32H35NO3S. The first-order valence-corrected chi connectivity index (χ1v) is 14.0. The highest BCUT2D eigenvalue weighted by molar-refractivity contribution is 7.21. The molecule has 192 valence electrons. The van der Waals surface area contributed by atoms with E-state index in [1.54, 1.807) is 12.1 Å². The number of rotatable bonds is 8. The molecule has 1 fully saturated rings. The van der Waals surface area contributed by atoms with E-state index < -0.39 is 0 Å². The van der Waals surface area contributed by atoms with Gasteiger partial charge in [-0.1, -0.05) is 38.1 Å². The van der Waals surface area contributed by atoms with Crippen molar-refractivity contribution in [3.63, 3.8) is 0 Å². The number of benzene rings is 3. The van der Waals surface area contributed by atoms with Crippen molar-refractivity contribution in [1.29, 1.82) is 0 Å². The molecule has 1 N–H and O–H groups in total. The number of phenols is 1. The Morgan fingerprint density at radius 3 is 2.46 bits per heavy atom. The van der Waals surface area contributed by atoms with Crippen molar-refractivity contribution in [1.82, 2.24) is 4.90 Å². The summed E-state index contributed by atoms with van der Waals surface area (Å²) in [6.07, 6.45) is 2.21. The first-order chi connectivity index (χ1) is 17.8. The van der Waals surface area contributed by atoms with Crippen LogP contribution in [0, 0.1) is 19.8 Å². The maximum absolute atomic E-state index is 14.0. The first kappa shape index (κ1) is 25.5. The fourth-order valence-corrected chi connectivity index (χ4v) is 6.70. The molecule has 0 unspecified atom stereocenters. The van der Waals surface area contributed by atoms with Crippen LogP contribution in [-0.4, -0.2) is 42.0 Å². The van der Waals surface area contributed by atoms with Crippen LogP contribution in [0.15, 0.2) is 54.6 Å². The number of carbonyl (C=O) groups excluding carboxylic acids is 1. The summed E-state index contributed by atoms with van der Waals surface area (Å²) in [6.45, 7) is 12.4. The van der Waals surface area contributed by atoms with E-state index in [0.717, 1.165) is 75.6 Å². The van der Waals surface area contributed by atoms with E-state index in [1.165, 1.54) is 23.3 Å². The minimum Gasteiger partial charge on any atom is -0.508 e. The summed E-state index contributed by atoms with van der Waals surface area (Å²) in [7, 11) is 0. The number of hydrogen-bond donors (Lipinski definition) is 1. The van der Waals surface area contributed by atoms with Crippen LogP contribution in [0.2, 0.25) is 0 Å². The maximum Gasteiger partial charge on any atom is 0.204 e. The Morgan fingerprint density at radius 2 is 1.81 bits per heavy atom. The average molecular weight is 514 g/mol. The summed E-state index contributed by atoms with van der Waals surface area (Å²) in [5, 5.41) is 11.1. The molecule has 4 aromatic rings. The first-order valence-electron chi connectivity index (χ1n) is 13.2. The van der Waals surface area contributed by atoms with E-state index in [4.69, 9.17) is 4.74 Å². The van der Waals surface area contributed by atoms with Gasteiger partial charge in [-0.15, -0.1) is 11.3 Å². The number of carbonyl (C=O) groups is 1. The average Bonchev–Trinajstić information content (AvgIpc) is 3.46. The summed E-state index contributed by atoms with van der Waals surface area (Å²) in [4.78, 5) is 17.2. The second-order valence-corrected chi connectivity index (χ2v) is 11.4. The standard InChI is InChI=1S/C32H35NO3S/c1-5-23-16-21(3)29(22(4)17-23)31(35)32-30(27-11-8-25(34)18-28(27)37-32)24-6-9-26(10-7-24)36-15-14-33-13-12-20(2)19-33/h6-11,16-18,20,34H,5,12-15,19H2,1-4H3/t20-/m1/s1. The van der Waals surface area contributed by atoms with Crippen LogP contribution in [0.4, 0.5) is 0 Å². The topological polar surface area (TPSA) is 49.8 Å². The molecule has 5 heteroatoms. The van der Waals surface area contributed by atoms with E-state index in [9.17, 15) is 9.90 Å². The number of ether oxygens (including phenoxy) is 1. The molecule has 0 saturated carbocycles. The van der Waals surface area contributed by atoms with Crippen LogP contribution in [0.3, 0.4) is 0 Å². The van der Waals surface area contributed by atoms with Gasteiger partial charge in [0.2, 0.25) is 5.78 Å². The van der Waals surface area contributed by atoms with Crippen LogP contribution >= 0.6 is 11.3 Å². The molecule has 0 spiro atoms. The Balaban J connectivity index is 1.47. The molecule has 2 heterocycles. The normalized spacial score (nSPS) is 15.9. The lowest BCUT2D eigenvalue weighted by atomic mass is 9.92. The monoisotopic (exact) mass is 513 g/mol. The number of ketones is 1. The second-order valence-electron chi connectivity index (χ2n) is 10.3. The van der Waals surface area contributed by atoms with E-state index in [2.05, 4.69) is 30.9 Å². The van der Waals surface area contributed by atoms with E-state index in [-0.39, 0.29) is 11.5 Å². The predicted molar refractivity (Wildman–Crippen MR) is 153 cm³/mol. The van der Waals surface area contributed by atoms with Gasteiger partial charge < -0.3 is 9.84 Å². The fourth-order valence-electron chi connectivity index (χ4n) is 5.50. The lowest BCUT2D eigenvalue weighted by molar-refractivity contribution is 0.104. The van der Waals surface area contributed by atoms with Crippen LogP contribution in [0.1, 0.15) is 52.2 Å². The predicted octanol–water partition coefficient (Wildman–Crippen LogP) is 7.40. The molecule has 0 aliphatic carbocycles. The Kier molecular flexibility index (Phi) is 7.36. The number of likely N-dealkylation sites (tertiary alicyclic amines) is 1. The van der Waals surface area contributed by atoms with Gasteiger partial charge in [-0.05, 0) is 91.7 Å². The number of thiophene rings is 1. The summed E-state index contributed by atoms with van der Waals surface area (Å²) < 4.78 is 6.94. The van der Waals surface area contributed by atoms with Gasteiger partial charge in [0, 0.05) is 34.3 Å². The lowest BCUT2D eigenvalue weighted by Crippen LogP contribution is -2.25. The van der Waals surface area contributed by atoms with Crippen LogP contribution in [0.5, 0.6) is 11.5 Å². The zero-order valence-electron chi connectivity index (χ0n) is 22.1. The second kappa shape index (κ2) is 10.7. The highest BCUT2D eigenvalue weighted by Gasteiger charge is 2.24. The third-order valence-electron chi connectivity index (χ3n) is 7.43. The van der Waals surface area contributed by atoms with Gasteiger partial charge >= 0.3 is 0 Å². The van der Waals surface area contributed by atoms with Crippen molar-refractivity contribution < 1.29 is 14.6 Å². The lowest BCUT2D eigenvalue weighted by Gasteiger charge is -2.16. The SMILES string of the molecule is CCc1cc(C)c(C(=O)c2sc3cc(O)ccc3c2-c2ccc(OCCN3CC[C@@H](C)C3)cc2)c(C)c1. The van der Waals surface area contributed by atoms with Gasteiger partial charge in [0.1, 0.15) is 18.1 Å². The Bertz CT molecular complexity index is 1410. The number of phenolic OH excluding ortho intramolecular Hbond substituents is 1. The number of nitrogens with zero attached hydrogens (tertiary/aromatic N) is 1. The van der Waals surface area contributed by atoms with Crippen LogP contribution in [0.25, 0.3) is 21.2 Å². The summed E-state index contributed by atoms with van der Waals surface area (Å²) >= 11 is 1.45. The fraction of sp³-hybridized carbons (Fsp3) is 0.344.